The Bertz CT molecular complexity index is 607. The van der Waals surface area contributed by atoms with Crippen molar-refractivity contribution >= 4 is 23.3 Å². The largest absolute Gasteiger partial charge is 0.344 e. The number of nitro groups is 1. The average molecular weight is 281 g/mol. The molecule has 1 heterocycles. The maximum absolute atomic E-state index is 12.8. The Hall–Kier alpha value is -2.26. The van der Waals surface area contributed by atoms with Gasteiger partial charge in [-0.1, -0.05) is 11.8 Å². The Morgan fingerprint density at radius 1 is 1.32 bits per heavy atom. The van der Waals surface area contributed by atoms with Gasteiger partial charge < -0.3 is 5.43 Å². The summed E-state index contributed by atoms with van der Waals surface area (Å²) >= 11 is 1.03. The first-order valence-corrected chi connectivity index (χ1v) is 5.83. The first-order valence-electron chi connectivity index (χ1n) is 5.01. The number of anilines is 1. The van der Waals surface area contributed by atoms with Crippen LogP contribution in [0.3, 0.4) is 0 Å². The second-order valence-corrected chi connectivity index (χ2v) is 4.40. The number of nitrogen functional groups attached to an aromatic ring is 1. The monoisotopic (exact) mass is 281 g/mol. The summed E-state index contributed by atoms with van der Waals surface area (Å²) in [6.45, 7) is 0. The van der Waals surface area contributed by atoms with Gasteiger partial charge in [-0.3, -0.25) is 10.1 Å². The van der Waals surface area contributed by atoms with Crippen LogP contribution in [0.1, 0.15) is 0 Å². The van der Waals surface area contributed by atoms with Crippen LogP contribution in [0.4, 0.5) is 15.9 Å². The summed E-state index contributed by atoms with van der Waals surface area (Å²) in [4.78, 5) is 18.5. The maximum Gasteiger partial charge on any atom is 0.344 e. The molecule has 0 aliphatic heterocycles. The highest BCUT2D eigenvalue weighted by atomic mass is 32.2. The molecule has 2 rings (SSSR count). The molecule has 3 N–H and O–H groups in total. The molecule has 0 saturated carbocycles. The van der Waals surface area contributed by atoms with Crippen LogP contribution in [-0.2, 0) is 0 Å². The van der Waals surface area contributed by atoms with Gasteiger partial charge in [-0.25, -0.2) is 20.2 Å². The van der Waals surface area contributed by atoms with Crippen LogP contribution in [0.15, 0.2) is 40.5 Å². The summed E-state index contributed by atoms with van der Waals surface area (Å²) in [5.41, 5.74) is 1.83. The number of hydrazine groups is 1. The summed E-state index contributed by atoms with van der Waals surface area (Å²) in [6, 6.07) is 5.53. The Morgan fingerprint density at radius 2 is 2.00 bits per heavy atom. The zero-order valence-electron chi connectivity index (χ0n) is 9.41. The Balaban J connectivity index is 2.39. The molecule has 0 unspecified atom stereocenters. The molecule has 0 radical (unpaired) electrons. The van der Waals surface area contributed by atoms with Crippen LogP contribution in [0.2, 0.25) is 0 Å². The molecular formula is C10H8FN5O2S. The standard InChI is InChI=1S/C10H8FN5O2S/c11-6-1-3-7(4-2-6)19-10-8(16(17)18)9(15-12)13-5-14-10/h1-5H,12H2,(H,13,14,15). The van der Waals surface area contributed by atoms with Crippen molar-refractivity contribution in [1.29, 1.82) is 0 Å². The number of halogens is 1. The fourth-order valence-corrected chi connectivity index (χ4v) is 2.18. The lowest BCUT2D eigenvalue weighted by atomic mass is 10.4. The van der Waals surface area contributed by atoms with Crippen molar-refractivity contribution < 1.29 is 9.31 Å². The summed E-state index contributed by atoms with van der Waals surface area (Å²) in [5.74, 6) is 4.70. The van der Waals surface area contributed by atoms with Crippen LogP contribution in [0, 0.1) is 15.9 Å². The van der Waals surface area contributed by atoms with Crippen molar-refractivity contribution in [3.8, 4) is 0 Å². The van der Waals surface area contributed by atoms with E-state index in [0.717, 1.165) is 18.1 Å². The quantitative estimate of drug-likeness (QED) is 0.382. The number of nitrogens with one attached hydrogen (secondary N) is 1. The summed E-state index contributed by atoms with van der Waals surface area (Å²) in [6.07, 6.45) is 1.16. The van der Waals surface area contributed by atoms with E-state index < -0.39 is 4.92 Å². The fraction of sp³-hybridized carbons (Fsp3) is 0. The molecule has 1 aromatic carbocycles. The average Bonchev–Trinajstić information content (AvgIpc) is 2.40. The normalized spacial score (nSPS) is 10.2. The molecule has 0 saturated heterocycles. The molecule has 0 fully saturated rings. The summed E-state index contributed by atoms with van der Waals surface area (Å²) in [5, 5.41) is 11.1. The lowest BCUT2D eigenvalue weighted by Gasteiger charge is -2.05. The molecule has 9 heteroatoms. The summed E-state index contributed by atoms with van der Waals surface area (Å²) < 4.78 is 12.8. The predicted molar refractivity (Wildman–Crippen MR) is 67.0 cm³/mol. The summed E-state index contributed by atoms with van der Waals surface area (Å²) in [7, 11) is 0. The third-order valence-electron chi connectivity index (χ3n) is 2.14. The minimum Gasteiger partial charge on any atom is -0.303 e. The predicted octanol–water partition coefficient (Wildman–Crippen LogP) is 1.96. The zero-order chi connectivity index (χ0) is 13.8. The van der Waals surface area contributed by atoms with Gasteiger partial charge in [0.15, 0.2) is 5.03 Å². The molecule has 98 valence electrons. The maximum atomic E-state index is 12.8. The Morgan fingerprint density at radius 3 is 2.58 bits per heavy atom. The van der Waals surface area contributed by atoms with Crippen LogP contribution < -0.4 is 11.3 Å². The highest BCUT2D eigenvalue weighted by molar-refractivity contribution is 7.99. The van der Waals surface area contributed by atoms with Crippen molar-refractivity contribution in [2.45, 2.75) is 9.92 Å². The third-order valence-corrected chi connectivity index (χ3v) is 3.14. The molecule has 19 heavy (non-hydrogen) atoms. The van der Waals surface area contributed by atoms with E-state index in [1.807, 2.05) is 0 Å². The Kier molecular flexibility index (Phi) is 3.88. The van der Waals surface area contributed by atoms with E-state index in [2.05, 4.69) is 15.4 Å². The molecule has 0 aliphatic carbocycles. The van der Waals surface area contributed by atoms with E-state index in [9.17, 15) is 14.5 Å². The SMILES string of the molecule is NNc1ncnc(Sc2ccc(F)cc2)c1[N+](=O)[O-]. The van der Waals surface area contributed by atoms with Gasteiger partial charge in [-0.2, -0.15) is 0 Å². The lowest BCUT2D eigenvalue weighted by molar-refractivity contribution is -0.387. The van der Waals surface area contributed by atoms with Gasteiger partial charge >= 0.3 is 5.69 Å². The fourth-order valence-electron chi connectivity index (χ4n) is 1.32. The lowest BCUT2D eigenvalue weighted by Crippen LogP contribution is -2.11. The molecule has 0 spiro atoms. The van der Waals surface area contributed by atoms with Crippen molar-refractivity contribution in [1.82, 2.24) is 9.97 Å². The first kappa shape index (κ1) is 13.2. The van der Waals surface area contributed by atoms with E-state index in [0.29, 0.717) is 4.90 Å². The van der Waals surface area contributed by atoms with Crippen LogP contribution >= 0.6 is 11.8 Å². The van der Waals surface area contributed by atoms with E-state index in [4.69, 9.17) is 5.84 Å². The minimum absolute atomic E-state index is 0.0791. The number of nitrogens with two attached hydrogens (primary N) is 1. The van der Waals surface area contributed by atoms with Crippen LogP contribution in [-0.4, -0.2) is 14.9 Å². The van der Waals surface area contributed by atoms with Gasteiger partial charge in [-0.05, 0) is 24.3 Å². The molecule has 2 aromatic rings. The molecule has 0 bridgehead atoms. The van der Waals surface area contributed by atoms with Crippen molar-refractivity contribution in [2.75, 3.05) is 5.43 Å². The van der Waals surface area contributed by atoms with Gasteiger partial charge in [-0.15, -0.1) is 0 Å². The van der Waals surface area contributed by atoms with Crippen LogP contribution in [0.25, 0.3) is 0 Å². The number of benzene rings is 1. The van der Waals surface area contributed by atoms with Crippen molar-refractivity contribution in [3.63, 3.8) is 0 Å². The Labute approximate surface area is 111 Å². The first-order chi connectivity index (χ1) is 9.11. The van der Waals surface area contributed by atoms with Gasteiger partial charge in [0.05, 0.1) is 4.92 Å². The second kappa shape index (κ2) is 5.59. The van der Waals surface area contributed by atoms with Crippen molar-refractivity contribution in [3.05, 3.63) is 46.5 Å². The van der Waals surface area contributed by atoms with Gasteiger partial charge in [0.1, 0.15) is 12.1 Å². The highest BCUT2D eigenvalue weighted by Gasteiger charge is 2.23. The number of aromatic nitrogens is 2. The van der Waals surface area contributed by atoms with E-state index in [-0.39, 0.29) is 22.3 Å². The molecule has 0 atom stereocenters. The highest BCUT2D eigenvalue weighted by Crippen LogP contribution is 2.35. The second-order valence-electron chi connectivity index (χ2n) is 3.33. The number of rotatable bonds is 4. The van der Waals surface area contributed by atoms with Gasteiger partial charge in [0.2, 0.25) is 5.82 Å². The third kappa shape index (κ3) is 2.95. The molecule has 0 aliphatic rings. The van der Waals surface area contributed by atoms with E-state index in [1.165, 1.54) is 24.3 Å². The minimum atomic E-state index is -0.624. The molecular weight excluding hydrogens is 273 g/mol. The number of nitrogens with zero attached hydrogens (tertiary/aromatic N) is 3. The smallest absolute Gasteiger partial charge is 0.303 e. The van der Waals surface area contributed by atoms with E-state index in [1.54, 1.807) is 0 Å². The number of hydrogen-bond acceptors (Lipinski definition) is 7. The van der Waals surface area contributed by atoms with Gasteiger partial charge in [0.25, 0.3) is 0 Å². The zero-order valence-corrected chi connectivity index (χ0v) is 10.2. The molecule has 1 aromatic heterocycles. The van der Waals surface area contributed by atoms with E-state index >= 15 is 0 Å². The van der Waals surface area contributed by atoms with Gasteiger partial charge in [0, 0.05) is 4.90 Å². The van der Waals surface area contributed by atoms with Crippen molar-refractivity contribution in [2.24, 2.45) is 5.84 Å². The topological polar surface area (TPSA) is 107 Å². The molecule has 0 amide bonds. The molecule has 7 nitrogen and oxygen atoms in total. The van der Waals surface area contributed by atoms with Crippen LogP contribution in [0.5, 0.6) is 0 Å². The number of hydrogen-bond donors (Lipinski definition) is 2.